The van der Waals surface area contributed by atoms with Crippen molar-refractivity contribution in [3.05, 3.63) is 48.0 Å². The summed E-state index contributed by atoms with van der Waals surface area (Å²) >= 11 is 0. The van der Waals surface area contributed by atoms with Crippen molar-refractivity contribution in [3.63, 3.8) is 0 Å². The molecule has 27 heavy (non-hydrogen) atoms. The Morgan fingerprint density at radius 3 is 2.56 bits per heavy atom. The second kappa shape index (κ2) is 7.89. The van der Waals surface area contributed by atoms with E-state index < -0.39 is 0 Å². The molecule has 1 aliphatic carbocycles. The summed E-state index contributed by atoms with van der Waals surface area (Å²) < 4.78 is 0. The van der Waals surface area contributed by atoms with Gasteiger partial charge in [0.1, 0.15) is 0 Å². The van der Waals surface area contributed by atoms with Crippen LogP contribution in [-0.2, 0) is 0 Å². The molecule has 0 radical (unpaired) electrons. The van der Waals surface area contributed by atoms with Gasteiger partial charge in [-0.15, -0.1) is 0 Å². The van der Waals surface area contributed by atoms with E-state index in [0.29, 0.717) is 12.0 Å². The van der Waals surface area contributed by atoms with E-state index in [1.807, 2.05) is 0 Å². The summed E-state index contributed by atoms with van der Waals surface area (Å²) in [5.41, 5.74) is 1.19. The van der Waals surface area contributed by atoms with Crippen LogP contribution in [0, 0.1) is 5.92 Å². The molecule has 144 valence electrons. The molecule has 1 N–H and O–H groups in total. The second-order valence-electron chi connectivity index (χ2n) is 8.37. The van der Waals surface area contributed by atoms with Crippen LogP contribution in [0.4, 0.5) is 4.79 Å². The number of nitrogens with zero attached hydrogens (tertiary/aromatic N) is 2. The summed E-state index contributed by atoms with van der Waals surface area (Å²) in [4.78, 5) is 17.7. The lowest BCUT2D eigenvalue weighted by molar-refractivity contribution is 0.126. The molecule has 1 saturated heterocycles. The van der Waals surface area contributed by atoms with Crippen LogP contribution in [0.2, 0.25) is 0 Å². The van der Waals surface area contributed by atoms with Gasteiger partial charge < -0.3 is 15.1 Å². The minimum absolute atomic E-state index is 0.00318. The van der Waals surface area contributed by atoms with Crippen molar-refractivity contribution in [3.8, 4) is 0 Å². The fourth-order valence-electron chi connectivity index (χ4n) is 4.26. The Morgan fingerprint density at radius 2 is 1.81 bits per heavy atom. The van der Waals surface area contributed by atoms with Crippen LogP contribution in [0.15, 0.2) is 42.5 Å². The molecule has 0 spiro atoms. The lowest BCUT2D eigenvalue weighted by atomic mass is 9.99. The SMILES string of the molecule is CC(NC(=O)N(CC1CC1)C1CCN(C)CC1)c1cccc2ccccc12. The topological polar surface area (TPSA) is 35.6 Å². The molecule has 4 rings (SSSR count). The zero-order valence-electron chi connectivity index (χ0n) is 16.5. The summed E-state index contributed by atoms with van der Waals surface area (Å²) in [6, 6.07) is 15.2. The van der Waals surface area contributed by atoms with Gasteiger partial charge in [0.2, 0.25) is 0 Å². The molecule has 2 aromatic carbocycles. The van der Waals surface area contributed by atoms with Crippen molar-refractivity contribution in [1.82, 2.24) is 15.1 Å². The first-order chi connectivity index (χ1) is 13.1. The first kappa shape index (κ1) is 18.3. The Bertz CT molecular complexity index is 788. The Labute approximate surface area is 162 Å². The molecule has 1 aliphatic heterocycles. The highest BCUT2D eigenvalue weighted by molar-refractivity contribution is 5.86. The minimum Gasteiger partial charge on any atom is -0.331 e. The van der Waals surface area contributed by atoms with Gasteiger partial charge >= 0.3 is 6.03 Å². The summed E-state index contributed by atoms with van der Waals surface area (Å²) in [5, 5.41) is 5.75. The van der Waals surface area contributed by atoms with Crippen molar-refractivity contribution in [2.45, 2.75) is 44.7 Å². The van der Waals surface area contributed by atoms with Crippen molar-refractivity contribution in [2.75, 3.05) is 26.7 Å². The molecular formula is C23H31N3O. The maximum atomic E-state index is 13.2. The number of carbonyl (C=O) groups excluding carboxylic acids is 1. The third kappa shape index (κ3) is 4.27. The van der Waals surface area contributed by atoms with Crippen LogP contribution in [0.5, 0.6) is 0 Å². The van der Waals surface area contributed by atoms with Crippen LogP contribution in [0.3, 0.4) is 0 Å². The van der Waals surface area contributed by atoms with Gasteiger partial charge in [0, 0.05) is 12.6 Å². The van der Waals surface area contributed by atoms with Crippen molar-refractivity contribution in [2.24, 2.45) is 5.92 Å². The first-order valence-electron chi connectivity index (χ1n) is 10.3. The molecule has 2 aliphatic rings. The van der Waals surface area contributed by atoms with E-state index in [9.17, 15) is 4.79 Å². The smallest absolute Gasteiger partial charge is 0.318 e. The Hall–Kier alpha value is -2.07. The molecule has 0 bridgehead atoms. The molecule has 2 fully saturated rings. The van der Waals surface area contributed by atoms with Gasteiger partial charge in [0.25, 0.3) is 0 Å². The quantitative estimate of drug-likeness (QED) is 0.851. The van der Waals surface area contributed by atoms with E-state index in [4.69, 9.17) is 0 Å². The molecule has 1 saturated carbocycles. The molecule has 1 heterocycles. The number of carbonyl (C=O) groups is 1. The molecule has 0 aromatic heterocycles. The highest BCUT2D eigenvalue weighted by atomic mass is 16.2. The number of urea groups is 1. The van der Waals surface area contributed by atoms with Crippen molar-refractivity contribution >= 4 is 16.8 Å². The van der Waals surface area contributed by atoms with Gasteiger partial charge in [-0.1, -0.05) is 42.5 Å². The number of hydrogen-bond acceptors (Lipinski definition) is 2. The molecule has 2 aromatic rings. The van der Waals surface area contributed by atoms with Gasteiger partial charge in [-0.2, -0.15) is 0 Å². The summed E-state index contributed by atoms with van der Waals surface area (Å²) in [6.45, 7) is 5.18. The summed E-state index contributed by atoms with van der Waals surface area (Å²) in [6.07, 6.45) is 4.71. The third-order valence-electron chi connectivity index (χ3n) is 6.17. The number of nitrogens with one attached hydrogen (secondary N) is 1. The zero-order chi connectivity index (χ0) is 18.8. The van der Waals surface area contributed by atoms with Gasteiger partial charge in [-0.3, -0.25) is 0 Å². The van der Waals surface area contributed by atoms with E-state index in [2.05, 4.69) is 71.6 Å². The van der Waals surface area contributed by atoms with E-state index in [-0.39, 0.29) is 12.1 Å². The van der Waals surface area contributed by atoms with E-state index in [1.165, 1.54) is 29.2 Å². The van der Waals surface area contributed by atoms with E-state index in [1.54, 1.807) is 0 Å². The van der Waals surface area contributed by atoms with Crippen LogP contribution < -0.4 is 5.32 Å². The molecule has 1 atom stereocenters. The fraction of sp³-hybridized carbons (Fsp3) is 0.522. The predicted molar refractivity (Wildman–Crippen MR) is 111 cm³/mol. The van der Waals surface area contributed by atoms with Crippen molar-refractivity contribution in [1.29, 1.82) is 0 Å². The number of piperidine rings is 1. The monoisotopic (exact) mass is 365 g/mol. The number of rotatable bonds is 5. The summed E-state index contributed by atoms with van der Waals surface area (Å²) in [5.74, 6) is 0.711. The lowest BCUT2D eigenvalue weighted by Crippen LogP contribution is -2.51. The average Bonchev–Trinajstić information content (AvgIpc) is 3.50. The Kier molecular flexibility index (Phi) is 5.35. The van der Waals surface area contributed by atoms with Gasteiger partial charge in [-0.05, 0) is 75.0 Å². The zero-order valence-corrected chi connectivity index (χ0v) is 16.5. The number of hydrogen-bond donors (Lipinski definition) is 1. The van der Waals surface area contributed by atoms with Crippen LogP contribution in [0.25, 0.3) is 10.8 Å². The second-order valence-corrected chi connectivity index (χ2v) is 8.37. The number of amides is 2. The standard InChI is InChI=1S/C23H31N3O/c1-17(21-9-5-7-19-6-3-4-8-22(19)21)24-23(27)26(16-18-10-11-18)20-12-14-25(2)15-13-20/h3-9,17-18,20H,10-16H2,1-2H3,(H,24,27). The highest BCUT2D eigenvalue weighted by Gasteiger charge is 2.33. The molecule has 4 nitrogen and oxygen atoms in total. The average molecular weight is 366 g/mol. The number of likely N-dealkylation sites (tertiary alicyclic amines) is 1. The third-order valence-corrected chi connectivity index (χ3v) is 6.17. The molecular weight excluding hydrogens is 334 g/mol. The Morgan fingerprint density at radius 1 is 1.11 bits per heavy atom. The van der Waals surface area contributed by atoms with E-state index in [0.717, 1.165) is 32.5 Å². The van der Waals surface area contributed by atoms with Crippen LogP contribution in [0.1, 0.15) is 44.2 Å². The van der Waals surface area contributed by atoms with Gasteiger partial charge in [0.15, 0.2) is 0 Å². The van der Waals surface area contributed by atoms with E-state index >= 15 is 0 Å². The fourth-order valence-corrected chi connectivity index (χ4v) is 4.26. The van der Waals surface area contributed by atoms with Gasteiger partial charge in [0.05, 0.1) is 6.04 Å². The lowest BCUT2D eigenvalue weighted by Gasteiger charge is -2.38. The van der Waals surface area contributed by atoms with Gasteiger partial charge in [-0.25, -0.2) is 4.79 Å². The summed E-state index contributed by atoms with van der Waals surface area (Å²) in [7, 11) is 2.17. The highest BCUT2D eigenvalue weighted by Crippen LogP contribution is 2.32. The molecule has 1 unspecified atom stereocenters. The normalized spacial score (nSPS) is 19.8. The van der Waals surface area contributed by atoms with Crippen molar-refractivity contribution < 1.29 is 4.79 Å². The maximum absolute atomic E-state index is 13.2. The van der Waals surface area contributed by atoms with Crippen LogP contribution in [-0.4, -0.2) is 48.6 Å². The molecule has 4 heteroatoms. The van der Waals surface area contributed by atoms with Crippen LogP contribution >= 0.6 is 0 Å². The first-order valence-corrected chi connectivity index (χ1v) is 10.3. The maximum Gasteiger partial charge on any atom is 0.318 e. The molecule has 2 amide bonds. The minimum atomic E-state index is -0.00318. The number of fused-ring (bicyclic) bond motifs is 1. The largest absolute Gasteiger partial charge is 0.331 e. The number of benzene rings is 2. The Balaban J connectivity index is 1.49. The predicted octanol–water partition coefficient (Wildman–Crippen LogP) is 4.42.